The van der Waals surface area contributed by atoms with Crippen LogP contribution in [0.25, 0.3) is 0 Å². The van der Waals surface area contributed by atoms with Gasteiger partial charge in [-0.1, -0.05) is 24.3 Å². The third kappa shape index (κ3) is 3.69. The molecule has 1 N–H and O–H groups in total. The van der Waals surface area contributed by atoms with Crippen LogP contribution >= 0.6 is 0 Å². The molecule has 4 heteroatoms. The molecule has 1 aromatic heterocycles. The fourth-order valence-electron chi connectivity index (χ4n) is 2.00. The molecule has 1 aromatic carbocycles. The van der Waals surface area contributed by atoms with E-state index in [1.54, 1.807) is 23.2 Å². The Bertz CT molecular complexity index is 593. The molecule has 0 spiro atoms. The van der Waals surface area contributed by atoms with Gasteiger partial charge in [0.2, 0.25) is 0 Å². The summed E-state index contributed by atoms with van der Waals surface area (Å²) in [4.78, 5) is 18.5. The minimum Gasteiger partial charge on any atom is -0.380 e. The number of hydrogen-bond acceptors (Lipinski definition) is 3. The number of aromatic nitrogens is 1. The van der Waals surface area contributed by atoms with Gasteiger partial charge in [-0.15, -0.1) is 6.58 Å². The topological polar surface area (TPSA) is 45.2 Å². The van der Waals surface area contributed by atoms with Crippen LogP contribution in [0, 0.1) is 0 Å². The lowest BCUT2D eigenvalue weighted by molar-refractivity contribution is 0.0983. The van der Waals surface area contributed by atoms with Gasteiger partial charge in [-0.2, -0.15) is 0 Å². The first-order valence-corrected chi connectivity index (χ1v) is 6.94. The SMILES string of the molecule is C=CCNc1ccc(C(=O)N(CC)c2ccccc2)nc1. The predicted molar refractivity (Wildman–Crippen MR) is 86.7 cm³/mol. The van der Waals surface area contributed by atoms with E-state index in [4.69, 9.17) is 0 Å². The minimum atomic E-state index is -0.0982. The van der Waals surface area contributed by atoms with Crippen LogP contribution in [0.4, 0.5) is 11.4 Å². The van der Waals surface area contributed by atoms with Gasteiger partial charge in [-0.05, 0) is 31.2 Å². The zero-order valence-corrected chi connectivity index (χ0v) is 12.1. The first kappa shape index (κ1) is 14.8. The van der Waals surface area contributed by atoms with Gasteiger partial charge in [-0.3, -0.25) is 4.79 Å². The van der Waals surface area contributed by atoms with E-state index in [-0.39, 0.29) is 5.91 Å². The lowest BCUT2D eigenvalue weighted by Gasteiger charge is -2.20. The molecule has 0 saturated carbocycles. The molecular formula is C17H19N3O. The van der Waals surface area contributed by atoms with Crippen molar-refractivity contribution < 1.29 is 4.79 Å². The van der Waals surface area contributed by atoms with E-state index < -0.39 is 0 Å². The number of benzene rings is 1. The minimum absolute atomic E-state index is 0.0982. The maximum atomic E-state index is 12.5. The molecule has 0 fully saturated rings. The second-order valence-corrected chi connectivity index (χ2v) is 4.49. The number of nitrogens with one attached hydrogen (secondary N) is 1. The highest BCUT2D eigenvalue weighted by atomic mass is 16.2. The molecule has 1 heterocycles. The number of anilines is 2. The van der Waals surface area contributed by atoms with Gasteiger partial charge >= 0.3 is 0 Å². The van der Waals surface area contributed by atoms with Crippen LogP contribution in [0.3, 0.4) is 0 Å². The Labute approximate surface area is 125 Å². The van der Waals surface area contributed by atoms with E-state index in [2.05, 4.69) is 16.9 Å². The summed E-state index contributed by atoms with van der Waals surface area (Å²) in [5.74, 6) is -0.0982. The van der Waals surface area contributed by atoms with E-state index in [9.17, 15) is 4.79 Å². The summed E-state index contributed by atoms with van der Waals surface area (Å²) in [6.07, 6.45) is 3.43. The summed E-state index contributed by atoms with van der Waals surface area (Å²) in [6.45, 7) is 6.86. The monoisotopic (exact) mass is 281 g/mol. The molecule has 108 valence electrons. The van der Waals surface area contributed by atoms with Crippen LogP contribution in [-0.4, -0.2) is 24.0 Å². The Morgan fingerprint density at radius 3 is 2.62 bits per heavy atom. The smallest absolute Gasteiger partial charge is 0.276 e. The van der Waals surface area contributed by atoms with Gasteiger partial charge in [0.25, 0.3) is 5.91 Å². The second-order valence-electron chi connectivity index (χ2n) is 4.49. The fraction of sp³-hybridized carbons (Fsp3) is 0.176. The first-order chi connectivity index (χ1) is 10.3. The van der Waals surface area contributed by atoms with Crippen molar-refractivity contribution in [3.63, 3.8) is 0 Å². The number of pyridine rings is 1. The van der Waals surface area contributed by atoms with E-state index in [1.165, 1.54) is 0 Å². The van der Waals surface area contributed by atoms with Crippen LogP contribution in [0.1, 0.15) is 17.4 Å². The van der Waals surface area contributed by atoms with E-state index >= 15 is 0 Å². The molecule has 0 aliphatic rings. The summed E-state index contributed by atoms with van der Waals surface area (Å²) >= 11 is 0. The van der Waals surface area contributed by atoms with Crippen molar-refractivity contribution in [1.82, 2.24) is 4.98 Å². The maximum Gasteiger partial charge on any atom is 0.276 e. The van der Waals surface area contributed by atoms with Gasteiger partial charge in [0, 0.05) is 18.8 Å². The Kier molecular flexibility index (Phi) is 5.10. The van der Waals surface area contributed by atoms with Crippen molar-refractivity contribution in [2.75, 3.05) is 23.3 Å². The number of carbonyl (C=O) groups is 1. The lowest BCUT2D eigenvalue weighted by Crippen LogP contribution is -2.31. The molecule has 0 aliphatic heterocycles. The van der Waals surface area contributed by atoms with E-state index in [0.29, 0.717) is 18.8 Å². The number of amides is 1. The second kappa shape index (κ2) is 7.24. The van der Waals surface area contributed by atoms with Crippen molar-refractivity contribution in [1.29, 1.82) is 0 Å². The molecule has 21 heavy (non-hydrogen) atoms. The van der Waals surface area contributed by atoms with Gasteiger partial charge in [-0.25, -0.2) is 4.98 Å². The van der Waals surface area contributed by atoms with Crippen LogP contribution in [0.5, 0.6) is 0 Å². The fourth-order valence-corrected chi connectivity index (χ4v) is 2.00. The molecule has 2 aromatic rings. The lowest BCUT2D eigenvalue weighted by atomic mass is 10.2. The van der Waals surface area contributed by atoms with Gasteiger partial charge in [0.05, 0.1) is 11.9 Å². The number of carbonyl (C=O) groups excluding carboxylic acids is 1. The Hall–Kier alpha value is -2.62. The molecular weight excluding hydrogens is 262 g/mol. The molecule has 0 bridgehead atoms. The molecule has 2 rings (SSSR count). The third-order valence-corrected chi connectivity index (χ3v) is 3.06. The number of nitrogens with zero attached hydrogens (tertiary/aromatic N) is 2. The maximum absolute atomic E-state index is 12.5. The van der Waals surface area contributed by atoms with Crippen LogP contribution in [0.2, 0.25) is 0 Å². The normalized spacial score (nSPS) is 9.95. The van der Waals surface area contributed by atoms with Crippen LogP contribution in [-0.2, 0) is 0 Å². The van der Waals surface area contributed by atoms with Crippen LogP contribution in [0.15, 0.2) is 61.3 Å². The van der Waals surface area contributed by atoms with Crippen molar-refractivity contribution >= 4 is 17.3 Å². The molecule has 0 atom stereocenters. The highest BCUT2D eigenvalue weighted by Crippen LogP contribution is 2.16. The summed E-state index contributed by atoms with van der Waals surface area (Å²) in [5.41, 5.74) is 2.18. The summed E-state index contributed by atoms with van der Waals surface area (Å²) in [5, 5.41) is 3.13. The molecule has 0 aliphatic carbocycles. The first-order valence-electron chi connectivity index (χ1n) is 6.94. The largest absolute Gasteiger partial charge is 0.380 e. The number of para-hydroxylation sites is 1. The van der Waals surface area contributed by atoms with Gasteiger partial charge in [0.1, 0.15) is 5.69 Å². The summed E-state index contributed by atoms with van der Waals surface area (Å²) in [7, 11) is 0. The molecule has 1 amide bonds. The summed E-state index contributed by atoms with van der Waals surface area (Å²) < 4.78 is 0. The Morgan fingerprint density at radius 1 is 1.29 bits per heavy atom. The average molecular weight is 281 g/mol. The van der Waals surface area contributed by atoms with Crippen molar-refractivity contribution in [2.24, 2.45) is 0 Å². The van der Waals surface area contributed by atoms with Gasteiger partial charge in [0.15, 0.2) is 0 Å². The molecule has 0 saturated heterocycles. The number of hydrogen-bond donors (Lipinski definition) is 1. The predicted octanol–water partition coefficient (Wildman–Crippen LogP) is 3.35. The quantitative estimate of drug-likeness (QED) is 0.826. The Balaban J connectivity index is 2.16. The average Bonchev–Trinajstić information content (AvgIpc) is 2.55. The van der Waals surface area contributed by atoms with Gasteiger partial charge < -0.3 is 10.2 Å². The van der Waals surface area contributed by atoms with Crippen molar-refractivity contribution in [3.8, 4) is 0 Å². The zero-order chi connectivity index (χ0) is 15.1. The highest BCUT2D eigenvalue weighted by Gasteiger charge is 2.16. The zero-order valence-electron chi connectivity index (χ0n) is 12.1. The standard InChI is InChI=1S/C17H19N3O/c1-3-12-18-14-10-11-16(19-13-14)17(21)20(4-2)15-8-6-5-7-9-15/h3,5-11,13,18H,1,4,12H2,2H3. The van der Waals surface area contributed by atoms with Crippen LogP contribution < -0.4 is 10.2 Å². The summed E-state index contributed by atoms with van der Waals surface area (Å²) in [6, 6.07) is 13.2. The van der Waals surface area contributed by atoms with E-state index in [1.807, 2.05) is 43.3 Å². The van der Waals surface area contributed by atoms with Crippen molar-refractivity contribution in [2.45, 2.75) is 6.92 Å². The molecule has 4 nitrogen and oxygen atoms in total. The third-order valence-electron chi connectivity index (χ3n) is 3.06. The van der Waals surface area contributed by atoms with Crippen molar-refractivity contribution in [3.05, 3.63) is 67.0 Å². The highest BCUT2D eigenvalue weighted by molar-refractivity contribution is 6.04. The Morgan fingerprint density at radius 2 is 2.05 bits per heavy atom. The number of rotatable bonds is 6. The van der Waals surface area contributed by atoms with E-state index in [0.717, 1.165) is 11.4 Å². The molecule has 0 radical (unpaired) electrons. The molecule has 0 unspecified atom stereocenters.